The first kappa shape index (κ1) is 32.1. The number of rotatable bonds is 9. The van der Waals surface area contributed by atoms with Crippen LogP contribution in [0.15, 0.2) is 121 Å². The molecule has 1 nitrogen and oxygen atoms in total. The van der Waals surface area contributed by atoms with E-state index in [9.17, 15) is 0 Å². The van der Waals surface area contributed by atoms with Crippen molar-refractivity contribution in [2.24, 2.45) is 0 Å². The van der Waals surface area contributed by atoms with Gasteiger partial charge in [0.2, 0.25) is 0 Å². The second-order valence-electron chi connectivity index (χ2n) is 9.52. The second kappa shape index (κ2) is 17.4. The number of nitrogens with zero attached hydrogens (tertiary/aromatic N) is 1. The summed E-state index contributed by atoms with van der Waals surface area (Å²) in [6.07, 6.45) is 18.0. The molecule has 0 saturated heterocycles. The maximum Gasteiger partial charge on any atom is 0.0278 e. The maximum atomic E-state index is 2.56. The Kier molecular flexibility index (Phi) is 13.6. The molecule has 41 heavy (non-hydrogen) atoms. The van der Waals surface area contributed by atoms with Gasteiger partial charge in [-0.3, -0.25) is 4.67 Å². The molecule has 0 spiro atoms. The van der Waals surface area contributed by atoms with Gasteiger partial charge in [-0.25, -0.2) is 0 Å². The van der Waals surface area contributed by atoms with Crippen molar-refractivity contribution in [3.05, 3.63) is 184 Å². The Labute approximate surface area is 262 Å². The predicted octanol–water partition coefficient (Wildman–Crippen LogP) is 7.24. The first-order valence-electron chi connectivity index (χ1n) is 13.7. The van der Waals surface area contributed by atoms with E-state index in [4.69, 9.17) is 0 Å². The average Bonchev–Trinajstić information content (AvgIpc) is 3.75. The predicted molar refractivity (Wildman–Crippen MR) is 176 cm³/mol. The van der Waals surface area contributed by atoms with Gasteiger partial charge < -0.3 is 0 Å². The van der Waals surface area contributed by atoms with E-state index in [0.717, 1.165) is 13.0 Å². The van der Waals surface area contributed by atoms with E-state index in [-0.39, 0.29) is 17.1 Å². The van der Waals surface area contributed by atoms with Crippen LogP contribution in [0, 0.1) is 62.9 Å². The summed E-state index contributed by atoms with van der Waals surface area (Å²) >= 11 is 0. The minimum Gasteiger partial charge on any atom is -0.278 e. The first-order valence-corrected chi connectivity index (χ1v) is 16.4. The molecule has 0 heterocycles. The average molecular weight is 611 g/mol. The third kappa shape index (κ3) is 9.10. The van der Waals surface area contributed by atoms with Crippen LogP contribution in [0.4, 0.5) is 0 Å². The summed E-state index contributed by atoms with van der Waals surface area (Å²) < 4.78 is 2.56. The van der Waals surface area contributed by atoms with Gasteiger partial charge in [0.25, 0.3) is 0 Å². The fraction of sp³-hybridized carbons (Fsp3) is 0.0811. The molecule has 0 amide bonds. The number of hydrogen-bond donors (Lipinski definition) is 0. The van der Waals surface area contributed by atoms with E-state index in [1.165, 1.54) is 32.8 Å². The fourth-order valence-corrected chi connectivity index (χ4v) is 9.64. The van der Waals surface area contributed by atoms with Crippen molar-refractivity contribution in [2.45, 2.75) is 6.42 Å². The zero-order valence-corrected chi connectivity index (χ0v) is 26.2. The fourth-order valence-electron chi connectivity index (χ4n) is 4.84. The van der Waals surface area contributed by atoms with E-state index in [0.29, 0.717) is 0 Å². The smallest absolute Gasteiger partial charge is 0.0278 e. The normalized spacial score (nSPS) is 15.6. The van der Waals surface area contributed by atoms with Crippen molar-refractivity contribution >= 4 is 37.2 Å². The van der Waals surface area contributed by atoms with Gasteiger partial charge in [-0.1, -0.05) is 121 Å². The molecule has 0 bridgehead atoms. The first-order chi connectivity index (χ1) is 19.8. The Morgan fingerprint density at radius 1 is 0.488 bits per heavy atom. The number of benzene rings is 4. The van der Waals surface area contributed by atoms with Crippen molar-refractivity contribution in [1.82, 2.24) is 4.67 Å². The summed E-state index contributed by atoms with van der Waals surface area (Å²) in [6, 6.07) is 43.9. The molecule has 4 aromatic rings. The molecule has 0 N–H and O–H groups in total. The summed E-state index contributed by atoms with van der Waals surface area (Å²) in [6.45, 7) is 1.01. The van der Waals surface area contributed by atoms with E-state index >= 15 is 0 Å². The van der Waals surface area contributed by atoms with Gasteiger partial charge in [0, 0.05) is 37.3 Å². The summed E-state index contributed by atoms with van der Waals surface area (Å²) in [7, 11) is 1.14. The van der Waals surface area contributed by atoms with E-state index in [2.05, 4.69) is 152 Å². The molecule has 0 unspecified atom stereocenters. The minimum absolute atomic E-state index is 0. The molecule has 4 aromatic carbocycles. The molecule has 0 aliphatic heterocycles. The molecular weight excluding hydrogens is 576 g/mol. The minimum atomic E-state index is -0.577. The third-order valence-electron chi connectivity index (χ3n) is 6.75. The van der Waals surface area contributed by atoms with Crippen molar-refractivity contribution in [2.75, 3.05) is 13.6 Å². The molecule has 206 valence electrons. The van der Waals surface area contributed by atoms with E-state index < -0.39 is 16.0 Å². The van der Waals surface area contributed by atoms with E-state index in [1.54, 1.807) is 0 Å². The van der Waals surface area contributed by atoms with Gasteiger partial charge in [-0.2, -0.15) is 0 Å². The molecule has 0 aromatic heterocycles. The third-order valence-corrected chi connectivity index (χ3v) is 11.8. The molecule has 0 atom stereocenters. The van der Waals surface area contributed by atoms with Crippen LogP contribution in [-0.4, -0.2) is 18.3 Å². The van der Waals surface area contributed by atoms with Crippen LogP contribution >= 0.6 is 16.0 Å². The molecule has 2 fully saturated rings. The molecule has 10 radical (unpaired) electrons. The molecule has 2 saturated carbocycles. The van der Waals surface area contributed by atoms with Crippen LogP contribution < -0.4 is 21.2 Å². The van der Waals surface area contributed by atoms with Crippen molar-refractivity contribution in [3.8, 4) is 0 Å². The van der Waals surface area contributed by atoms with Gasteiger partial charge in [-0.05, 0) is 99.9 Å². The quantitative estimate of drug-likeness (QED) is 0.143. The molecule has 6 rings (SSSR count). The van der Waals surface area contributed by atoms with Crippen LogP contribution in [-0.2, 0) is 17.1 Å². The van der Waals surface area contributed by atoms with Gasteiger partial charge in [0.1, 0.15) is 0 Å². The van der Waals surface area contributed by atoms with Crippen LogP contribution in [0.1, 0.15) is 6.42 Å². The standard InChI is InChI=1S/C32H30NP2.C5H5.Fe/c1-33(35(30-20-10-4-11-21-30)31-22-12-5-13-23-31)26-25-27-15-14-24-32(27)34(28-16-6-2-7-17-28)29-18-8-3-9-19-29;1-2-4-5-3-1;/h2-24H,25-26H2,1H3;1-5H;. The van der Waals surface area contributed by atoms with Crippen molar-refractivity contribution in [3.63, 3.8) is 0 Å². The summed E-state index contributed by atoms with van der Waals surface area (Å²) in [5.74, 6) is 1.46. The monoisotopic (exact) mass is 611 g/mol. The van der Waals surface area contributed by atoms with Crippen molar-refractivity contribution < 1.29 is 17.1 Å². The Morgan fingerprint density at radius 3 is 1.29 bits per heavy atom. The number of hydrogen-bond acceptors (Lipinski definition) is 1. The zero-order chi connectivity index (χ0) is 27.4. The Bertz CT molecular complexity index is 1150. The maximum absolute atomic E-state index is 2.56. The Morgan fingerprint density at radius 2 is 0.878 bits per heavy atom. The van der Waals surface area contributed by atoms with Crippen LogP contribution in [0.2, 0.25) is 0 Å². The topological polar surface area (TPSA) is 3.24 Å². The van der Waals surface area contributed by atoms with Crippen LogP contribution in [0.3, 0.4) is 0 Å². The summed E-state index contributed by atoms with van der Waals surface area (Å²) in [4.78, 5) is 0. The summed E-state index contributed by atoms with van der Waals surface area (Å²) in [5, 5.41) is 5.61. The van der Waals surface area contributed by atoms with E-state index in [1.807, 2.05) is 32.1 Å². The van der Waals surface area contributed by atoms with Gasteiger partial charge in [0.05, 0.1) is 0 Å². The zero-order valence-electron chi connectivity index (χ0n) is 23.3. The van der Waals surface area contributed by atoms with Gasteiger partial charge in [-0.15, -0.1) is 0 Å². The Balaban J connectivity index is 0.000000584. The SMILES string of the molecule is CN(CC[C]1[CH][CH][CH][C]1P(c1ccccc1)c1ccccc1)P(c1ccccc1)c1ccccc1.[CH]1[CH][CH][CH][CH]1.[Fe]. The van der Waals surface area contributed by atoms with Crippen LogP contribution in [0.5, 0.6) is 0 Å². The molecular formula is C37H35FeNP2. The summed E-state index contributed by atoms with van der Waals surface area (Å²) in [5.41, 5.74) is 1.48. The molecule has 4 heteroatoms. The second-order valence-corrected chi connectivity index (χ2v) is 14.0. The largest absolute Gasteiger partial charge is 0.278 e. The molecule has 2 aliphatic rings. The van der Waals surface area contributed by atoms with Crippen molar-refractivity contribution in [1.29, 1.82) is 0 Å². The molecule has 2 aliphatic carbocycles. The van der Waals surface area contributed by atoms with Crippen LogP contribution in [0.25, 0.3) is 0 Å². The van der Waals surface area contributed by atoms with Gasteiger partial charge in [0.15, 0.2) is 0 Å². The van der Waals surface area contributed by atoms with Gasteiger partial charge >= 0.3 is 0 Å². The Hall–Kier alpha value is -1.78.